The van der Waals surface area contributed by atoms with Gasteiger partial charge in [-0.05, 0) is 19.9 Å². The summed E-state index contributed by atoms with van der Waals surface area (Å²) in [7, 11) is 3.33. The Labute approximate surface area is 116 Å². The highest BCUT2D eigenvalue weighted by molar-refractivity contribution is 5.84. The van der Waals surface area contributed by atoms with Crippen LogP contribution in [0, 0.1) is 0 Å². The maximum Gasteiger partial charge on any atom is 0.238 e. The molecule has 6 heteroatoms. The predicted molar refractivity (Wildman–Crippen MR) is 76.1 cm³/mol. The molecular formula is C13H29N3O3. The number of ether oxygens (including phenoxy) is 2. The summed E-state index contributed by atoms with van der Waals surface area (Å²) in [6.07, 6.45) is 0.957. The second-order valence-corrected chi connectivity index (χ2v) is 4.88. The normalized spacial score (nSPS) is 14.6. The van der Waals surface area contributed by atoms with Crippen molar-refractivity contribution in [3.8, 4) is 0 Å². The molecule has 0 aromatic rings. The van der Waals surface area contributed by atoms with Gasteiger partial charge in [0.25, 0.3) is 0 Å². The van der Waals surface area contributed by atoms with Crippen LogP contribution in [-0.2, 0) is 14.3 Å². The lowest BCUT2D eigenvalue weighted by Gasteiger charge is -2.34. The summed E-state index contributed by atoms with van der Waals surface area (Å²) in [5, 5.41) is 3.23. The van der Waals surface area contributed by atoms with Crippen LogP contribution >= 0.6 is 0 Å². The first-order valence-corrected chi connectivity index (χ1v) is 6.75. The van der Waals surface area contributed by atoms with Crippen molar-refractivity contribution < 1.29 is 14.3 Å². The highest BCUT2D eigenvalue weighted by Gasteiger charge is 2.32. The number of nitrogens with zero attached hydrogens (tertiary/aromatic N) is 1. The summed E-state index contributed by atoms with van der Waals surface area (Å²) in [6, 6.07) is 0. The molecule has 0 aromatic carbocycles. The minimum atomic E-state index is -0.725. The molecule has 1 amide bonds. The van der Waals surface area contributed by atoms with Crippen molar-refractivity contribution in [1.29, 1.82) is 0 Å². The van der Waals surface area contributed by atoms with Gasteiger partial charge in [-0.1, -0.05) is 6.92 Å². The van der Waals surface area contributed by atoms with Crippen molar-refractivity contribution in [3.63, 3.8) is 0 Å². The topological polar surface area (TPSA) is 76.8 Å². The second-order valence-electron chi connectivity index (χ2n) is 4.88. The number of carbonyl (C=O) groups is 1. The molecule has 0 rings (SSSR count). The van der Waals surface area contributed by atoms with Crippen LogP contribution in [0.1, 0.15) is 20.3 Å². The molecule has 0 aliphatic heterocycles. The first-order valence-electron chi connectivity index (χ1n) is 6.75. The van der Waals surface area contributed by atoms with E-state index in [0.717, 1.165) is 26.1 Å². The fourth-order valence-corrected chi connectivity index (χ4v) is 1.78. The van der Waals surface area contributed by atoms with E-state index in [2.05, 4.69) is 17.1 Å². The lowest BCUT2D eigenvalue weighted by molar-refractivity contribution is -0.124. The molecule has 0 aromatic heterocycles. The van der Waals surface area contributed by atoms with Crippen LogP contribution in [-0.4, -0.2) is 70.0 Å². The van der Waals surface area contributed by atoms with Gasteiger partial charge < -0.3 is 20.5 Å². The number of hydrogen-bond acceptors (Lipinski definition) is 5. The fraction of sp³-hybridized carbons (Fsp3) is 0.923. The van der Waals surface area contributed by atoms with Crippen LogP contribution in [0.15, 0.2) is 0 Å². The van der Waals surface area contributed by atoms with Gasteiger partial charge in [-0.25, -0.2) is 0 Å². The third-order valence-electron chi connectivity index (χ3n) is 3.07. The number of carbonyl (C=O) groups excluding carboxylic acids is 1. The maximum atomic E-state index is 11.7. The lowest BCUT2D eigenvalue weighted by atomic mass is 10.0. The number of primary amides is 1. The van der Waals surface area contributed by atoms with Crippen molar-refractivity contribution in [1.82, 2.24) is 10.2 Å². The highest BCUT2D eigenvalue weighted by Crippen LogP contribution is 2.07. The van der Waals surface area contributed by atoms with Crippen LogP contribution in [0.4, 0.5) is 0 Å². The van der Waals surface area contributed by atoms with E-state index in [1.807, 2.05) is 6.92 Å². The predicted octanol–water partition coefficient (Wildman–Crippen LogP) is -0.175. The van der Waals surface area contributed by atoms with Crippen molar-refractivity contribution in [2.24, 2.45) is 5.73 Å². The average molecular weight is 275 g/mol. The van der Waals surface area contributed by atoms with E-state index in [1.165, 1.54) is 0 Å². The van der Waals surface area contributed by atoms with E-state index in [4.69, 9.17) is 15.2 Å². The van der Waals surface area contributed by atoms with Gasteiger partial charge in [0.1, 0.15) is 5.54 Å². The SMILES string of the molecule is CCCNC(C)(CN(CCOC)CCOC)C(N)=O. The quantitative estimate of drug-likeness (QED) is 0.517. The molecule has 0 bridgehead atoms. The fourth-order valence-electron chi connectivity index (χ4n) is 1.78. The van der Waals surface area contributed by atoms with Crippen molar-refractivity contribution >= 4 is 5.91 Å². The molecule has 0 heterocycles. The molecule has 0 aliphatic carbocycles. The monoisotopic (exact) mass is 275 g/mol. The lowest BCUT2D eigenvalue weighted by Crippen LogP contribution is -2.60. The Morgan fingerprint density at radius 1 is 1.26 bits per heavy atom. The highest BCUT2D eigenvalue weighted by atomic mass is 16.5. The van der Waals surface area contributed by atoms with Gasteiger partial charge in [-0.2, -0.15) is 0 Å². The average Bonchev–Trinajstić information content (AvgIpc) is 2.39. The first-order chi connectivity index (χ1) is 9.00. The van der Waals surface area contributed by atoms with Crippen LogP contribution in [0.25, 0.3) is 0 Å². The molecule has 0 aliphatic rings. The van der Waals surface area contributed by atoms with E-state index >= 15 is 0 Å². The zero-order valence-electron chi connectivity index (χ0n) is 12.7. The van der Waals surface area contributed by atoms with E-state index in [0.29, 0.717) is 19.8 Å². The van der Waals surface area contributed by atoms with Gasteiger partial charge in [0.05, 0.1) is 13.2 Å². The molecule has 1 atom stereocenters. The summed E-state index contributed by atoms with van der Waals surface area (Å²) in [5.74, 6) is -0.333. The minimum absolute atomic E-state index is 0.333. The van der Waals surface area contributed by atoms with Crippen molar-refractivity contribution in [2.75, 3.05) is 53.6 Å². The standard InChI is InChI=1S/C13H29N3O3/c1-5-6-15-13(2,12(14)17)11-16(7-9-18-3)8-10-19-4/h15H,5-11H2,1-4H3,(H2,14,17). The third kappa shape index (κ3) is 7.47. The van der Waals surface area contributed by atoms with Gasteiger partial charge in [-0.15, -0.1) is 0 Å². The molecule has 114 valence electrons. The third-order valence-corrected chi connectivity index (χ3v) is 3.07. The zero-order valence-corrected chi connectivity index (χ0v) is 12.7. The summed E-state index contributed by atoms with van der Waals surface area (Å²) < 4.78 is 10.2. The Morgan fingerprint density at radius 2 is 1.79 bits per heavy atom. The van der Waals surface area contributed by atoms with Crippen LogP contribution in [0.2, 0.25) is 0 Å². The number of hydrogen-bond donors (Lipinski definition) is 2. The van der Waals surface area contributed by atoms with Crippen molar-refractivity contribution in [3.05, 3.63) is 0 Å². The van der Waals surface area contributed by atoms with Crippen LogP contribution < -0.4 is 11.1 Å². The molecule has 0 radical (unpaired) electrons. The molecule has 19 heavy (non-hydrogen) atoms. The molecule has 0 saturated carbocycles. The molecule has 1 unspecified atom stereocenters. The molecule has 0 saturated heterocycles. The summed E-state index contributed by atoms with van der Waals surface area (Å²) in [5.41, 5.74) is 4.80. The summed E-state index contributed by atoms with van der Waals surface area (Å²) >= 11 is 0. The number of rotatable bonds is 12. The number of methoxy groups -OCH3 is 2. The second kappa shape index (κ2) is 10.1. The van der Waals surface area contributed by atoms with Gasteiger partial charge in [-0.3, -0.25) is 9.69 Å². The molecule has 0 fully saturated rings. The summed E-state index contributed by atoms with van der Waals surface area (Å²) in [4.78, 5) is 13.8. The Morgan fingerprint density at radius 3 is 2.16 bits per heavy atom. The largest absolute Gasteiger partial charge is 0.383 e. The maximum absolute atomic E-state index is 11.7. The van der Waals surface area contributed by atoms with Gasteiger partial charge in [0.15, 0.2) is 0 Å². The van der Waals surface area contributed by atoms with E-state index in [9.17, 15) is 4.79 Å². The Balaban J connectivity index is 4.56. The van der Waals surface area contributed by atoms with Gasteiger partial charge in [0, 0.05) is 33.9 Å². The van der Waals surface area contributed by atoms with Crippen LogP contribution in [0.5, 0.6) is 0 Å². The Hall–Kier alpha value is -0.690. The number of nitrogens with one attached hydrogen (secondary N) is 1. The smallest absolute Gasteiger partial charge is 0.238 e. The van der Waals surface area contributed by atoms with E-state index < -0.39 is 5.54 Å². The number of nitrogens with two attached hydrogens (primary N) is 1. The van der Waals surface area contributed by atoms with Gasteiger partial charge in [0.2, 0.25) is 5.91 Å². The van der Waals surface area contributed by atoms with Gasteiger partial charge >= 0.3 is 0 Å². The molecule has 0 spiro atoms. The summed E-state index contributed by atoms with van der Waals surface area (Å²) in [6.45, 7) is 7.95. The Bertz CT molecular complexity index is 243. The van der Waals surface area contributed by atoms with E-state index in [1.54, 1.807) is 14.2 Å². The zero-order chi connectivity index (χ0) is 14.7. The van der Waals surface area contributed by atoms with Crippen molar-refractivity contribution in [2.45, 2.75) is 25.8 Å². The van der Waals surface area contributed by atoms with Crippen LogP contribution in [0.3, 0.4) is 0 Å². The Kier molecular flexibility index (Phi) is 9.77. The minimum Gasteiger partial charge on any atom is -0.383 e. The molecular weight excluding hydrogens is 246 g/mol. The number of amides is 1. The van der Waals surface area contributed by atoms with E-state index in [-0.39, 0.29) is 5.91 Å². The first kappa shape index (κ1) is 18.3. The molecule has 3 N–H and O–H groups in total. The molecule has 6 nitrogen and oxygen atoms in total.